The summed E-state index contributed by atoms with van der Waals surface area (Å²) in [6.45, 7) is 3.29. The maximum atomic E-state index is 11.0. The van der Waals surface area contributed by atoms with E-state index in [0.717, 1.165) is 15.6 Å². The second-order valence-electron chi connectivity index (χ2n) is 3.90. The van der Waals surface area contributed by atoms with Crippen molar-refractivity contribution in [2.75, 3.05) is 0 Å². The molecule has 5 nitrogen and oxygen atoms in total. The van der Waals surface area contributed by atoms with E-state index in [1.165, 1.54) is 6.92 Å². The van der Waals surface area contributed by atoms with Gasteiger partial charge in [-0.25, -0.2) is 4.52 Å². The number of carbonyl (C=O) groups excluding carboxylic acids is 2. The van der Waals surface area contributed by atoms with E-state index in [-0.39, 0.29) is 18.3 Å². The Morgan fingerprint density at radius 1 is 1.61 bits per heavy atom. The topological polar surface area (TPSA) is 60.7 Å². The van der Waals surface area contributed by atoms with Crippen molar-refractivity contribution >= 4 is 33.7 Å². The molecule has 0 saturated carbocycles. The van der Waals surface area contributed by atoms with Gasteiger partial charge in [0.2, 0.25) is 0 Å². The Morgan fingerprint density at radius 2 is 2.33 bits per heavy atom. The number of nitrogens with zero attached hydrogens (tertiary/aromatic N) is 2. The summed E-state index contributed by atoms with van der Waals surface area (Å²) >= 11 is 3.37. The predicted molar refractivity (Wildman–Crippen MR) is 68.5 cm³/mol. The maximum Gasteiger partial charge on any atom is 0.302 e. The standard InChI is InChI=1S/C12H11BrN2O3/c1-7-3-9(13)4-15-12(7)10(6-18-8(2)17)11(5-16)14-15/h3-5H,6H2,1-2H3. The molecular formula is C12H11BrN2O3. The molecule has 0 radical (unpaired) electrons. The lowest BCUT2D eigenvalue weighted by Gasteiger charge is -2.04. The molecule has 0 amide bonds. The number of aldehydes is 1. The van der Waals surface area contributed by atoms with E-state index >= 15 is 0 Å². The number of aryl methyl sites for hydroxylation is 1. The summed E-state index contributed by atoms with van der Waals surface area (Å²) in [6.07, 6.45) is 2.42. The molecule has 2 aromatic heterocycles. The smallest absolute Gasteiger partial charge is 0.302 e. The monoisotopic (exact) mass is 310 g/mol. The second kappa shape index (κ2) is 4.89. The fourth-order valence-electron chi connectivity index (χ4n) is 1.84. The van der Waals surface area contributed by atoms with E-state index < -0.39 is 0 Å². The number of fused-ring (bicyclic) bond motifs is 1. The highest BCUT2D eigenvalue weighted by atomic mass is 79.9. The van der Waals surface area contributed by atoms with Crippen LogP contribution in [0.15, 0.2) is 16.7 Å². The molecule has 2 heterocycles. The highest BCUT2D eigenvalue weighted by Crippen LogP contribution is 2.23. The number of hydrogen-bond donors (Lipinski definition) is 0. The lowest BCUT2D eigenvalue weighted by atomic mass is 10.1. The maximum absolute atomic E-state index is 11.0. The molecule has 6 heteroatoms. The molecule has 0 aliphatic heterocycles. The first-order valence-electron chi connectivity index (χ1n) is 5.29. The van der Waals surface area contributed by atoms with Gasteiger partial charge in [0.15, 0.2) is 6.29 Å². The molecule has 0 aliphatic rings. The van der Waals surface area contributed by atoms with Crippen LogP contribution < -0.4 is 0 Å². The predicted octanol–water partition coefficient (Wildman–Crippen LogP) is 2.28. The highest BCUT2D eigenvalue weighted by Gasteiger charge is 2.15. The van der Waals surface area contributed by atoms with Crippen LogP contribution >= 0.6 is 15.9 Å². The zero-order chi connectivity index (χ0) is 13.3. The van der Waals surface area contributed by atoms with E-state index in [9.17, 15) is 9.59 Å². The quantitative estimate of drug-likeness (QED) is 0.644. The van der Waals surface area contributed by atoms with Crippen molar-refractivity contribution in [3.8, 4) is 0 Å². The molecule has 0 unspecified atom stereocenters. The molecule has 0 aromatic carbocycles. The van der Waals surface area contributed by atoms with Crippen LogP contribution in [-0.2, 0) is 16.1 Å². The minimum atomic E-state index is -0.388. The first kappa shape index (κ1) is 12.8. The lowest BCUT2D eigenvalue weighted by molar-refractivity contribution is -0.142. The van der Waals surface area contributed by atoms with Crippen LogP contribution in [0.3, 0.4) is 0 Å². The van der Waals surface area contributed by atoms with Gasteiger partial charge < -0.3 is 4.74 Å². The van der Waals surface area contributed by atoms with Crippen LogP contribution in [0.4, 0.5) is 0 Å². The minimum absolute atomic E-state index is 0.0510. The fraction of sp³-hybridized carbons (Fsp3) is 0.250. The van der Waals surface area contributed by atoms with Crippen LogP contribution in [0, 0.1) is 6.92 Å². The largest absolute Gasteiger partial charge is 0.461 e. The Morgan fingerprint density at radius 3 is 2.94 bits per heavy atom. The molecule has 0 N–H and O–H groups in total. The van der Waals surface area contributed by atoms with Gasteiger partial charge in [0.1, 0.15) is 12.3 Å². The van der Waals surface area contributed by atoms with E-state index in [4.69, 9.17) is 4.74 Å². The Hall–Kier alpha value is -1.69. The first-order chi connectivity index (χ1) is 8.52. The summed E-state index contributed by atoms with van der Waals surface area (Å²) in [5.41, 5.74) is 2.66. The van der Waals surface area contributed by atoms with Crippen molar-refractivity contribution in [3.63, 3.8) is 0 Å². The number of ether oxygens (including phenoxy) is 1. The SMILES string of the molecule is CC(=O)OCc1c(C=O)nn2cc(Br)cc(C)c12. The zero-order valence-electron chi connectivity index (χ0n) is 9.94. The molecule has 0 spiro atoms. The number of rotatable bonds is 3. The van der Waals surface area contributed by atoms with Crippen LogP contribution in [0.25, 0.3) is 5.52 Å². The van der Waals surface area contributed by atoms with Gasteiger partial charge in [-0.1, -0.05) is 0 Å². The number of esters is 1. The Kier molecular flexibility index (Phi) is 3.47. The van der Waals surface area contributed by atoms with E-state index in [1.54, 1.807) is 10.7 Å². The van der Waals surface area contributed by atoms with Gasteiger partial charge in [0.05, 0.1) is 5.52 Å². The van der Waals surface area contributed by atoms with Gasteiger partial charge in [-0.05, 0) is 34.5 Å². The Labute approximate surface area is 112 Å². The van der Waals surface area contributed by atoms with Crippen LogP contribution in [0.1, 0.15) is 28.5 Å². The third-order valence-electron chi connectivity index (χ3n) is 2.54. The fourth-order valence-corrected chi connectivity index (χ4v) is 2.38. The minimum Gasteiger partial charge on any atom is -0.461 e. The highest BCUT2D eigenvalue weighted by molar-refractivity contribution is 9.10. The third kappa shape index (κ3) is 2.28. The van der Waals surface area contributed by atoms with Gasteiger partial charge in [-0.2, -0.15) is 5.10 Å². The Bertz CT molecular complexity index is 634. The molecule has 0 fully saturated rings. The van der Waals surface area contributed by atoms with Crippen LogP contribution in [0.5, 0.6) is 0 Å². The van der Waals surface area contributed by atoms with Gasteiger partial charge in [0.25, 0.3) is 0 Å². The third-order valence-corrected chi connectivity index (χ3v) is 2.98. The summed E-state index contributed by atoms with van der Waals surface area (Å²) < 4.78 is 7.44. The molecule has 0 atom stereocenters. The van der Waals surface area contributed by atoms with Crippen molar-refractivity contribution in [2.45, 2.75) is 20.5 Å². The van der Waals surface area contributed by atoms with Crippen LogP contribution in [0.2, 0.25) is 0 Å². The van der Waals surface area contributed by atoms with Gasteiger partial charge in [0, 0.05) is 23.2 Å². The van der Waals surface area contributed by atoms with Crippen molar-refractivity contribution in [1.29, 1.82) is 0 Å². The normalized spacial score (nSPS) is 10.6. The van der Waals surface area contributed by atoms with Crippen molar-refractivity contribution < 1.29 is 14.3 Å². The molecule has 18 heavy (non-hydrogen) atoms. The molecule has 0 saturated heterocycles. The molecule has 94 valence electrons. The molecule has 2 aromatic rings. The van der Waals surface area contributed by atoms with E-state index in [1.807, 2.05) is 13.0 Å². The van der Waals surface area contributed by atoms with Gasteiger partial charge in [-0.15, -0.1) is 0 Å². The van der Waals surface area contributed by atoms with Gasteiger partial charge >= 0.3 is 5.97 Å². The van der Waals surface area contributed by atoms with Crippen molar-refractivity contribution in [2.24, 2.45) is 0 Å². The summed E-state index contributed by atoms with van der Waals surface area (Å²) in [4.78, 5) is 21.9. The zero-order valence-corrected chi connectivity index (χ0v) is 11.5. The van der Waals surface area contributed by atoms with Gasteiger partial charge in [-0.3, -0.25) is 9.59 Å². The number of carbonyl (C=O) groups is 2. The van der Waals surface area contributed by atoms with Crippen molar-refractivity contribution in [3.05, 3.63) is 33.6 Å². The van der Waals surface area contributed by atoms with E-state index in [0.29, 0.717) is 11.8 Å². The van der Waals surface area contributed by atoms with Crippen molar-refractivity contribution in [1.82, 2.24) is 9.61 Å². The number of hydrogen-bond acceptors (Lipinski definition) is 4. The summed E-state index contributed by atoms with van der Waals surface area (Å²) in [7, 11) is 0. The first-order valence-corrected chi connectivity index (χ1v) is 6.08. The average molecular weight is 311 g/mol. The summed E-state index contributed by atoms with van der Waals surface area (Å²) in [5.74, 6) is -0.388. The molecule has 2 rings (SSSR count). The Balaban J connectivity index is 2.61. The number of pyridine rings is 1. The molecular weight excluding hydrogens is 300 g/mol. The van der Waals surface area contributed by atoms with E-state index in [2.05, 4.69) is 21.0 Å². The van der Waals surface area contributed by atoms with Crippen LogP contribution in [-0.4, -0.2) is 21.9 Å². The molecule has 0 aliphatic carbocycles. The second-order valence-corrected chi connectivity index (χ2v) is 4.81. The summed E-state index contributed by atoms with van der Waals surface area (Å²) in [6, 6.07) is 1.92. The number of aromatic nitrogens is 2. The molecule has 0 bridgehead atoms. The summed E-state index contributed by atoms with van der Waals surface area (Å²) in [5, 5.41) is 4.16. The average Bonchev–Trinajstić information content (AvgIpc) is 2.64. The lowest BCUT2D eigenvalue weighted by Crippen LogP contribution is -2.01. The number of halogens is 1.